The van der Waals surface area contributed by atoms with Crippen LogP contribution in [0.4, 0.5) is 0 Å². The molecule has 5 rings (SSSR count). The molecule has 154 valence electrons. The van der Waals surface area contributed by atoms with E-state index in [1.165, 1.54) is 49.9 Å². The highest BCUT2D eigenvalue weighted by Gasteiger charge is 2.31. The van der Waals surface area contributed by atoms with Gasteiger partial charge in [-0.3, -0.25) is 4.90 Å². The Morgan fingerprint density at radius 3 is 2.23 bits per heavy atom. The van der Waals surface area contributed by atoms with Crippen LogP contribution in [0.25, 0.3) is 11.1 Å². The van der Waals surface area contributed by atoms with Crippen LogP contribution in [0, 0.1) is 5.92 Å². The molecule has 0 bridgehead atoms. The van der Waals surface area contributed by atoms with Crippen LogP contribution < -0.4 is 4.74 Å². The van der Waals surface area contributed by atoms with Crippen molar-refractivity contribution in [2.45, 2.75) is 38.1 Å². The predicted molar refractivity (Wildman–Crippen MR) is 119 cm³/mol. The van der Waals surface area contributed by atoms with Crippen LogP contribution in [0.2, 0.25) is 0 Å². The van der Waals surface area contributed by atoms with Crippen molar-refractivity contribution in [1.29, 1.82) is 0 Å². The van der Waals surface area contributed by atoms with E-state index in [1.807, 2.05) is 30.6 Å². The average molecular weight is 400 g/mol. The second-order valence-electron chi connectivity index (χ2n) is 8.69. The van der Waals surface area contributed by atoms with Crippen LogP contribution in [-0.4, -0.2) is 34.6 Å². The zero-order valence-corrected chi connectivity index (χ0v) is 17.4. The molecule has 30 heavy (non-hydrogen) atoms. The lowest BCUT2D eigenvalue weighted by Crippen LogP contribution is -2.27. The summed E-state index contributed by atoms with van der Waals surface area (Å²) in [5.74, 6) is 1.26. The molecule has 1 saturated carbocycles. The van der Waals surface area contributed by atoms with Gasteiger partial charge in [0.05, 0.1) is 6.61 Å². The largest absolute Gasteiger partial charge is 0.463 e. The third-order valence-electron chi connectivity index (χ3n) is 6.48. The number of hydrogen-bond acceptors (Lipinski definition) is 4. The number of rotatable bonds is 7. The maximum atomic E-state index is 5.85. The van der Waals surface area contributed by atoms with E-state index in [2.05, 4.69) is 51.3 Å². The Balaban J connectivity index is 1.07. The molecule has 1 saturated heterocycles. The van der Waals surface area contributed by atoms with Crippen LogP contribution in [0.15, 0.2) is 67.0 Å². The van der Waals surface area contributed by atoms with Gasteiger partial charge >= 0.3 is 6.01 Å². The van der Waals surface area contributed by atoms with E-state index in [1.54, 1.807) is 0 Å². The lowest BCUT2D eigenvalue weighted by Gasteiger charge is -2.35. The molecule has 0 atom stereocenters. The summed E-state index contributed by atoms with van der Waals surface area (Å²) in [5, 5.41) is 0. The number of nitrogens with zero attached hydrogens (tertiary/aromatic N) is 3. The van der Waals surface area contributed by atoms with Gasteiger partial charge in [-0.1, -0.05) is 54.6 Å². The summed E-state index contributed by atoms with van der Waals surface area (Å²) in [5.41, 5.74) is 5.05. The summed E-state index contributed by atoms with van der Waals surface area (Å²) >= 11 is 0. The molecule has 0 amide bonds. The maximum absolute atomic E-state index is 5.85. The molecule has 2 aromatic carbocycles. The van der Waals surface area contributed by atoms with E-state index >= 15 is 0 Å². The van der Waals surface area contributed by atoms with Crippen molar-refractivity contribution in [1.82, 2.24) is 14.9 Å². The minimum absolute atomic E-state index is 0.476. The van der Waals surface area contributed by atoms with Crippen molar-refractivity contribution in [3.8, 4) is 17.1 Å². The fourth-order valence-electron chi connectivity index (χ4n) is 4.60. The summed E-state index contributed by atoms with van der Waals surface area (Å²) in [7, 11) is 0. The van der Waals surface area contributed by atoms with Crippen molar-refractivity contribution in [2.24, 2.45) is 5.92 Å². The zero-order chi connectivity index (χ0) is 20.2. The number of likely N-dealkylation sites (tertiary alicyclic amines) is 1. The smallest absolute Gasteiger partial charge is 0.316 e. The van der Waals surface area contributed by atoms with E-state index in [9.17, 15) is 0 Å². The van der Waals surface area contributed by atoms with Gasteiger partial charge in [-0.05, 0) is 67.3 Å². The van der Waals surface area contributed by atoms with Gasteiger partial charge in [0.2, 0.25) is 0 Å². The normalized spacial score (nSPS) is 21.3. The first kappa shape index (κ1) is 19.3. The molecule has 0 N–H and O–H groups in total. The molecule has 2 fully saturated rings. The number of benzene rings is 2. The van der Waals surface area contributed by atoms with Gasteiger partial charge in [0.1, 0.15) is 0 Å². The van der Waals surface area contributed by atoms with Gasteiger partial charge in [-0.25, -0.2) is 9.97 Å². The highest BCUT2D eigenvalue weighted by molar-refractivity contribution is 5.61. The molecule has 2 heterocycles. The number of hydrogen-bond donors (Lipinski definition) is 0. The first-order valence-corrected chi connectivity index (χ1v) is 11.1. The average Bonchev–Trinajstić information content (AvgIpc) is 3.28. The lowest BCUT2D eigenvalue weighted by molar-refractivity contribution is 0.149. The van der Waals surface area contributed by atoms with Gasteiger partial charge in [-0.15, -0.1) is 0 Å². The fourth-order valence-corrected chi connectivity index (χ4v) is 4.60. The second-order valence-corrected chi connectivity index (χ2v) is 8.69. The van der Waals surface area contributed by atoms with E-state index in [0.29, 0.717) is 24.5 Å². The molecule has 0 spiro atoms. The minimum atomic E-state index is 0.476. The van der Waals surface area contributed by atoms with Gasteiger partial charge in [0.25, 0.3) is 0 Å². The molecule has 1 aromatic heterocycles. The van der Waals surface area contributed by atoms with Gasteiger partial charge < -0.3 is 4.74 Å². The van der Waals surface area contributed by atoms with E-state index < -0.39 is 0 Å². The highest BCUT2D eigenvalue weighted by Crippen LogP contribution is 2.41. The molecule has 1 aliphatic carbocycles. The Kier molecular flexibility index (Phi) is 5.76. The van der Waals surface area contributed by atoms with Crippen molar-refractivity contribution >= 4 is 0 Å². The molecule has 1 aliphatic heterocycles. The van der Waals surface area contributed by atoms with Crippen LogP contribution in [-0.2, 0) is 6.54 Å². The number of ether oxygens (including phenoxy) is 1. The van der Waals surface area contributed by atoms with Gasteiger partial charge in [0.15, 0.2) is 0 Å². The SMILES string of the molecule is c1ccc(-c2cnc(OC[C@H]3C[C@@H](c4ccc(CN5CCCC5)cc4)C3)nc2)cc1. The molecule has 4 nitrogen and oxygen atoms in total. The first-order chi connectivity index (χ1) is 14.8. The molecule has 2 aliphatic rings. The molecular formula is C26H29N3O. The predicted octanol–water partition coefficient (Wildman–Crippen LogP) is 5.31. The monoisotopic (exact) mass is 399 g/mol. The Bertz CT molecular complexity index is 928. The third-order valence-corrected chi connectivity index (χ3v) is 6.48. The Morgan fingerprint density at radius 2 is 1.53 bits per heavy atom. The fraction of sp³-hybridized carbons (Fsp3) is 0.385. The van der Waals surface area contributed by atoms with Crippen molar-refractivity contribution < 1.29 is 4.74 Å². The zero-order valence-electron chi connectivity index (χ0n) is 17.4. The maximum Gasteiger partial charge on any atom is 0.316 e. The summed E-state index contributed by atoms with van der Waals surface area (Å²) in [6, 6.07) is 20.0. The first-order valence-electron chi connectivity index (χ1n) is 11.1. The Labute approximate surface area is 178 Å². The van der Waals surface area contributed by atoms with Crippen molar-refractivity contribution in [2.75, 3.05) is 19.7 Å². The Morgan fingerprint density at radius 1 is 0.833 bits per heavy atom. The van der Waals surface area contributed by atoms with Crippen LogP contribution in [0.1, 0.15) is 42.7 Å². The van der Waals surface area contributed by atoms with Crippen molar-refractivity contribution in [3.63, 3.8) is 0 Å². The van der Waals surface area contributed by atoms with E-state index in [0.717, 1.165) is 17.7 Å². The van der Waals surface area contributed by atoms with E-state index in [-0.39, 0.29) is 0 Å². The number of aromatic nitrogens is 2. The molecule has 0 unspecified atom stereocenters. The topological polar surface area (TPSA) is 38.2 Å². The Hall–Kier alpha value is -2.72. The van der Waals surface area contributed by atoms with E-state index in [4.69, 9.17) is 4.74 Å². The summed E-state index contributed by atoms with van der Waals surface area (Å²) in [6.07, 6.45) is 8.76. The van der Waals surface area contributed by atoms with Crippen LogP contribution >= 0.6 is 0 Å². The van der Waals surface area contributed by atoms with Gasteiger partial charge in [-0.2, -0.15) is 0 Å². The quantitative estimate of drug-likeness (QED) is 0.539. The summed E-state index contributed by atoms with van der Waals surface area (Å²) < 4.78 is 5.85. The highest BCUT2D eigenvalue weighted by atomic mass is 16.5. The van der Waals surface area contributed by atoms with Crippen LogP contribution in [0.5, 0.6) is 6.01 Å². The van der Waals surface area contributed by atoms with Gasteiger partial charge in [0, 0.05) is 24.5 Å². The van der Waals surface area contributed by atoms with Crippen LogP contribution in [0.3, 0.4) is 0 Å². The lowest BCUT2D eigenvalue weighted by atomic mass is 9.72. The standard InChI is InChI=1S/C26H29N3O/c1-2-6-22(7-3-1)25-16-27-26(28-17-25)30-19-21-14-24(15-21)23-10-8-20(9-11-23)18-29-12-4-5-13-29/h1-3,6-11,16-17,21,24H,4-5,12-15,18-19H2/t21-,24+. The molecular weight excluding hydrogens is 370 g/mol. The third kappa shape index (κ3) is 4.54. The second kappa shape index (κ2) is 8.97. The molecule has 4 heteroatoms. The minimum Gasteiger partial charge on any atom is -0.463 e. The summed E-state index contributed by atoms with van der Waals surface area (Å²) in [4.78, 5) is 11.3. The molecule has 3 aromatic rings. The van der Waals surface area contributed by atoms with Crippen molar-refractivity contribution in [3.05, 3.63) is 78.1 Å². The summed E-state index contributed by atoms with van der Waals surface area (Å²) in [6.45, 7) is 4.31. The molecule has 0 radical (unpaired) electrons.